The van der Waals surface area contributed by atoms with Gasteiger partial charge in [-0.3, -0.25) is 0 Å². The zero-order valence-electron chi connectivity index (χ0n) is 13.5. The first-order valence-corrected chi connectivity index (χ1v) is 7.98. The highest BCUT2D eigenvalue weighted by atomic mass is 19.1. The normalized spacial score (nSPS) is 13.3. The van der Waals surface area contributed by atoms with Gasteiger partial charge in [-0.1, -0.05) is 12.2 Å². The van der Waals surface area contributed by atoms with E-state index < -0.39 is 5.95 Å². The summed E-state index contributed by atoms with van der Waals surface area (Å²) in [5, 5.41) is 2.11. The molecule has 0 N–H and O–H groups in total. The van der Waals surface area contributed by atoms with Crippen LogP contribution >= 0.6 is 0 Å². The second-order valence-corrected chi connectivity index (χ2v) is 5.40. The summed E-state index contributed by atoms with van der Waals surface area (Å²) in [5.74, 6) is -0.476. The van der Waals surface area contributed by atoms with E-state index in [4.69, 9.17) is 4.98 Å². The second kappa shape index (κ2) is 6.73. The molecule has 3 nitrogen and oxygen atoms in total. The van der Waals surface area contributed by atoms with Gasteiger partial charge >= 0.3 is 0 Å². The third kappa shape index (κ3) is 3.16. The van der Waals surface area contributed by atoms with Gasteiger partial charge < -0.3 is 4.90 Å². The number of halogens is 1. The van der Waals surface area contributed by atoms with Gasteiger partial charge in [0.2, 0.25) is 5.95 Å². The fraction of sp³-hybridized carbons (Fsp3) is 0.263. The van der Waals surface area contributed by atoms with Gasteiger partial charge in [-0.2, -0.15) is 4.39 Å². The van der Waals surface area contributed by atoms with E-state index in [1.807, 2.05) is 6.07 Å². The Balaban J connectivity index is 2.16. The number of nitrogens with zero attached hydrogens (tertiary/aromatic N) is 3. The fourth-order valence-electron chi connectivity index (χ4n) is 2.82. The highest BCUT2D eigenvalue weighted by molar-refractivity contribution is 5.61. The van der Waals surface area contributed by atoms with Crippen LogP contribution in [0.4, 0.5) is 4.39 Å². The molecule has 2 heterocycles. The molecular weight excluding hydrogens is 289 g/mol. The van der Waals surface area contributed by atoms with Crippen LogP contribution < -0.4 is 10.6 Å². The summed E-state index contributed by atoms with van der Waals surface area (Å²) in [7, 11) is 0. The molecule has 0 spiro atoms. The molecule has 0 aromatic carbocycles. The van der Waals surface area contributed by atoms with Crippen molar-refractivity contribution in [2.45, 2.75) is 20.3 Å². The largest absolute Gasteiger partial charge is 0.372 e. The van der Waals surface area contributed by atoms with Crippen molar-refractivity contribution in [2.75, 3.05) is 13.1 Å². The Labute approximate surface area is 135 Å². The van der Waals surface area contributed by atoms with Crippen molar-refractivity contribution in [2.24, 2.45) is 0 Å². The van der Waals surface area contributed by atoms with Gasteiger partial charge in [0.25, 0.3) is 0 Å². The molecule has 4 heteroatoms. The number of likely N-dealkylation sites (N-methyl/N-ethyl adjacent to an activating group) is 1. The number of hydrogen-bond donors (Lipinski definition) is 0. The summed E-state index contributed by atoms with van der Waals surface area (Å²) in [6.45, 7) is 6.23. The fourth-order valence-corrected chi connectivity index (χ4v) is 2.82. The van der Waals surface area contributed by atoms with E-state index in [1.165, 1.54) is 18.0 Å². The zero-order chi connectivity index (χ0) is 16.2. The van der Waals surface area contributed by atoms with Crippen LogP contribution in [0.3, 0.4) is 0 Å². The van der Waals surface area contributed by atoms with Gasteiger partial charge in [0, 0.05) is 35.8 Å². The smallest absolute Gasteiger partial charge is 0.212 e. The number of allylic oxidation sites excluding steroid dienone is 1. The van der Waals surface area contributed by atoms with E-state index >= 15 is 0 Å². The highest BCUT2D eigenvalue weighted by Gasteiger charge is 2.08. The van der Waals surface area contributed by atoms with E-state index in [9.17, 15) is 4.39 Å². The lowest BCUT2D eigenvalue weighted by Gasteiger charge is -2.22. The van der Waals surface area contributed by atoms with Crippen LogP contribution in [0.5, 0.6) is 0 Å². The molecule has 0 bridgehead atoms. The van der Waals surface area contributed by atoms with Gasteiger partial charge in [0.1, 0.15) is 0 Å². The molecule has 0 unspecified atom stereocenters. The minimum Gasteiger partial charge on any atom is -0.372 e. The van der Waals surface area contributed by atoms with Gasteiger partial charge in [-0.25, -0.2) is 9.97 Å². The lowest BCUT2D eigenvalue weighted by molar-refractivity contribution is 0.441. The molecule has 0 saturated carbocycles. The first-order chi connectivity index (χ1) is 11.2. The Hall–Kier alpha value is -2.49. The zero-order valence-corrected chi connectivity index (χ0v) is 13.5. The van der Waals surface area contributed by atoms with E-state index in [2.05, 4.69) is 48.0 Å². The van der Waals surface area contributed by atoms with Gasteiger partial charge in [0.05, 0.1) is 11.0 Å². The van der Waals surface area contributed by atoms with Crippen molar-refractivity contribution in [1.29, 1.82) is 0 Å². The van der Waals surface area contributed by atoms with E-state index in [-0.39, 0.29) is 0 Å². The van der Waals surface area contributed by atoms with E-state index in [0.29, 0.717) is 0 Å². The predicted molar refractivity (Wildman–Crippen MR) is 91.2 cm³/mol. The van der Waals surface area contributed by atoms with E-state index in [0.717, 1.165) is 41.3 Å². The number of aromatic nitrogens is 2. The molecule has 118 valence electrons. The lowest BCUT2D eigenvalue weighted by Crippen LogP contribution is -2.35. The molecule has 0 saturated heterocycles. The van der Waals surface area contributed by atoms with Crippen molar-refractivity contribution in [1.82, 2.24) is 14.9 Å². The second-order valence-electron chi connectivity index (χ2n) is 5.40. The minimum absolute atomic E-state index is 0.476. The Morgan fingerprint density at radius 3 is 2.65 bits per heavy atom. The molecule has 0 amide bonds. The molecule has 2 aromatic heterocycles. The number of pyridine rings is 2. The van der Waals surface area contributed by atoms with Crippen LogP contribution in [0.2, 0.25) is 0 Å². The molecule has 23 heavy (non-hydrogen) atoms. The summed E-state index contributed by atoms with van der Waals surface area (Å²) in [6.07, 6.45) is 8.84. The summed E-state index contributed by atoms with van der Waals surface area (Å²) < 4.78 is 13.0. The average molecular weight is 309 g/mol. The topological polar surface area (TPSA) is 29.0 Å². The number of fused-ring (bicyclic) bond motifs is 1. The average Bonchev–Trinajstić information content (AvgIpc) is 2.79. The molecule has 0 aliphatic heterocycles. The molecule has 1 aliphatic carbocycles. The van der Waals surface area contributed by atoms with Crippen LogP contribution in [-0.2, 0) is 0 Å². The van der Waals surface area contributed by atoms with Crippen molar-refractivity contribution < 1.29 is 4.39 Å². The lowest BCUT2D eigenvalue weighted by atomic mass is 10.1. The molecule has 0 atom stereocenters. The van der Waals surface area contributed by atoms with Crippen LogP contribution in [0, 0.1) is 5.95 Å². The van der Waals surface area contributed by atoms with Crippen LogP contribution in [0.1, 0.15) is 20.3 Å². The quantitative estimate of drug-likeness (QED) is 0.813. The third-order valence-corrected chi connectivity index (χ3v) is 4.05. The number of hydrogen-bond acceptors (Lipinski definition) is 3. The standard InChI is InChI=1S/C19H20FN3/c1-3-23(4-2)18-8-6-5-7-17-15(18)10-11-16(22-17)14-9-12-19(20)21-13-14/h6-13H,3-5H2,1-2H3. The summed E-state index contributed by atoms with van der Waals surface area (Å²) in [6, 6.07) is 7.15. The van der Waals surface area contributed by atoms with Crippen molar-refractivity contribution in [3.63, 3.8) is 0 Å². The van der Waals surface area contributed by atoms with Crippen LogP contribution in [-0.4, -0.2) is 28.0 Å². The van der Waals surface area contributed by atoms with Crippen molar-refractivity contribution in [3.8, 4) is 11.3 Å². The SMILES string of the molecule is CCN(CC)C1=c2ccc(-c3ccc(F)nc3)nc2=CCC=C1. The molecule has 2 aromatic rings. The minimum atomic E-state index is -0.476. The maximum atomic E-state index is 13.0. The first kappa shape index (κ1) is 15.4. The van der Waals surface area contributed by atoms with Gasteiger partial charge in [-0.05, 0) is 50.6 Å². The Bertz CT molecular complexity index is 834. The molecule has 1 aliphatic rings. The van der Waals surface area contributed by atoms with Crippen LogP contribution in [0.25, 0.3) is 23.0 Å². The monoisotopic (exact) mass is 309 g/mol. The number of rotatable bonds is 4. The maximum absolute atomic E-state index is 13.0. The van der Waals surface area contributed by atoms with Crippen molar-refractivity contribution >= 4 is 11.8 Å². The highest BCUT2D eigenvalue weighted by Crippen LogP contribution is 2.14. The molecule has 3 rings (SSSR count). The molecule has 0 fully saturated rings. The summed E-state index contributed by atoms with van der Waals surface area (Å²) in [5.41, 5.74) is 2.84. The Morgan fingerprint density at radius 2 is 1.96 bits per heavy atom. The van der Waals surface area contributed by atoms with E-state index in [1.54, 1.807) is 6.07 Å². The Morgan fingerprint density at radius 1 is 1.13 bits per heavy atom. The summed E-state index contributed by atoms with van der Waals surface area (Å²) >= 11 is 0. The molecular formula is C19H20FN3. The third-order valence-electron chi connectivity index (χ3n) is 4.05. The molecule has 0 radical (unpaired) electrons. The van der Waals surface area contributed by atoms with Crippen molar-refractivity contribution in [3.05, 3.63) is 59.1 Å². The summed E-state index contributed by atoms with van der Waals surface area (Å²) in [4.78, 5) is 10.8. The van der Waals surface area contributed by atoms with Gasteiger partial charge in [-0.15, -0.1) is 0 Å². The predicted octanol–water partition coefficient (Wildman–Crippen LogP) is 2.47. The Kier molecular flexibility index (Phi) is 4.51. The van der Waals surface area contributed by atoms with Gasteiger partial charge in [0.15, 0.2) is 0 Å². The first-order valence-electron chi connectivity index (χ1n) is 7.98. The maximum Gasteiger partial charge on any atom is 0.212 e. The van der Waals surface area contributed by atoms with Crippen LogP contribution in [0.15, 0.2) is 42.6 Å².